The molecule has 2 N–H and O–H groups in total. The Morgan fingerprint density at radius 1 is 1.56 bits per heavy atom. The van der Waals surface area contributed by atoms with E-state index in [0.717, 1.165) is 25.5 Å². The Labute approximate surface area is 105 Å². The summed E-state index contributed by atoms with van der Waals surface area (Å²) in [6.07, 6.45) is 1.77. The van der Waals surface area contributed by atoms with Gasteiger partial charge in [-0.25, -0.2) is 4.39 Å². The van der Waals surface area contributed by atoms with E-state index in [9.17, 15) is 9.18 Å². The fourth-order valence-corrected chi connectivity index (χ4v) is 2.00. The summed E-state index contributed by atoms with van der Waals surface area (Å²) in [5.41, 5.74) is 0.370. The fraction of sp³-hybridized carbons (Fsp3) is 0.385. The number of nitriles is 1. The first-order valence-electron chi connectivity index (χ1n) is 5.92. The zero-order valence-electron chi connectivity index (χ0n) is 9.87. The van der Waals surface area contributed by atoms with Gasteiger partial charge in [0.1, 0.15) is 5.82 Å². The van der Waals surface area contributed by atoms with Gasteiger partial charge in [0.05, 0.1) is 23.2 Å². The number of anilines is 1. The van der Waals surface area contributed by atoms with E-state index < -0.39 is 5.82 Å². The molecule has 1 aromatic carbocycles. The predicted molar refractivity (Wildman–Crippen MR) is 65.3 cm³/mol. The van der Waals surface area contributed by atoms with Crippen LogP contribution in [-0.2, 0) is 4.79 Å². The van der Waals surface area contributed by atoms with Crippen molar-refractivity contribution in [2.75, 3.05) is 18.4 Å². The molecular formula is C13H14FN3O. The number of nitrogens with zero attached hydrogens (tertiary/aromatic N) is 1. The lowest BCUT2D eigenvalue weighted by Crippen LogP contribution is -2.37. The third kappa shape index (κ3) is 2.84. The molecule has 1 atom stereocenters. The number of hydrogen-bond donors (Lipinski definition) is 2. The number of amides is 1. The van der Waals surface area contributed by atoms with Crippen LogP contribution in [0.3, 0.4) is 0 Å². The lowest BCUT2D eigenvalue weighted by Gasteiger charge is -2.22. The molecular weight excluding hydrogens is 233 g/mol. The number of benzene rings is 1. The minimum absolute atomic E-state index is 0.117. The quantitative estimate of drug-likeness (QED) is 0.835. The molecule has 0 aliphatic carbocycles. The highest BCUT2D eigenvalue weighted by Crippen LogP contribution is 2.18. The second kappa shape index (κ2) is 5.61. The summed E-state index contributed by atoms with van der Waals surface area (Å²) >= 11 is 0. The molecule has 0 radical (unpaired) electrons. The second-order valence-corrected chi connectivity index (χ2v) is 4.34. The number of piperidine rings is 1. The van der Waals surface area contributed by atoms with Gasteiger partial charge >= 0.3 is 0 Å². The first-order chi connectivity index (χ1) is 8.70. The van der Waals surface area contributed by atoms with Gasteiger partial charge in [-0.05, 0) is 37.6 Å². The number of carbonyl (C=O) groups excluding carboxylic acids is 1. The van der Waals surface area contributed by atoms with Gasteiger partial charge < -0.3 is 10.6 Å². The number of nitrogens with one attached hydrogen (secondary N) is 2. The van der Waals surface area contributed by atoms with Crippen molar-refractivity contribution in [2.24, 2.45) is 5.92 Å². The standard InChI is InChI=1S/C13H14FN3O/c14-11-6-9(7-15)3-4-12(11)17-13(18)10-2-1-5-16-8-10/h3-4,6,10,16H,1-2,5,8H2,(H,17,18)/t10-/m0/s1. The van der Waals surface area contributed by atoms with E-state index in [1.807, 2.05) is 6.07 Å². The summed E-state index contributed by atoms with van der Waals surface area (Å²) in [5.74, 6) is -0.870. The van der Waals surface area contributed by atoms with Gasteiger partial charge in [-0.15, -0.1) is 0 Å². The Kier molecular flexibility index (Phi) is 3.90. The molecule has 1 aromatic rings. The molecule has 1 fully saturated rings. The van der Waals surface area contributed by atoms with Crippen LogP contribution in [0.5, 0.6) is 0 Å². The van der Waals surface area contributed by atoms with Gasteiger partial charge in [-0.1, -0.05) is 0 Å². The van der Waals surface area contributed by atoms with Crippen LogP contribution in [0.2, 0.25) is 0 Å². The first kappa shape index (κ1) is 12.5. The van der Waals surface area contributed by atoms with Crippen LogP contribution < -0.4 is 10.6 Å². The van der Waals surface area contributed by atoms with E-state index in [1.54, 1.807) is 0 Å². The van der Waals surface area contributed by atoms with Crippen molar-refractivity contribution in [1.82, 2.24) is 5.32 Å². The van der Waals surface area contributed by atoms with E-state index in [2.05, 4.69) is 10.6 Å². The molecule has 1 amide bonds. The Morgan fingerprint density at radius 3 is 3.00 bits per heavy atom. The average molecular weight is 247 g/mol. The monoisotopic (exact) mass is 247 g/mol. The molecule has 0 spiro atoms. The van der Waals surface area contributed by atoms with Crippen molar-refractivity contribution >= 4 is 11.6 Å². The summed E-state index contributed by atoms with van der Waals surface area (Å²) in [4.78, 5) is 11.9. The maximum absolute atomic E-state index is 13.6. The van der Waals surface area contributed by atoms with Crippen LogP contribution in [0.4, 0.5) is 10.1 Å². The summed E-state index contributed by atoms with van der Waals surface area (Å²) in [7, 11) is 0. The summed E-state index contributed by atoms with van der Waals surface area (Å²) in [6.45, 7) is 1.55. The second-order valence-electron chi connectivity index (χ2n) is 4.34. The number of hydrogen-bond acceptors (Lipinski definition) is 3. The molecule has 0 saturated carbocycles. The summed E-state index contributed by atoms with van der Waals surface area (Å²) in [5, 5.41) is 14.3. The molecule has 94 valence electrons. The lowest BCUT2D eigenvalue weighted by molar-refractivity contribution is -0.120. The van der Waals surface area contributed by atoms with Crippen molar-refractivity contribution in [3.05, 3.63) is 29.6 Å². The average Bonchev–Trinajstić information content (AvgIpc) is 2.42. The van der Waals surface area contributed by atoms with Crippen LogP contribution in [-0.4, -0.2) is 19.0 Å². The van der Waals surface area contributed by atoms with Gasteiger partial charge in [-0.3, -0.25) is 4.79 Å². The third-order valence-electron chi connectivity index (χ3n) is 3.02. The SMILES string of the molecule is N#Cc1ccc(NC(=O)[C@H]2CCCNC2)c(F)c1. The Morgan fingerprint density at radius 2 is 2.39 bits per heavy atom. The number of carbonyl (C=O) groups is 1. The van der Waals surface area contributed by atoms with Crippen LogP contribution in [0.1, 0.15) is 18.4 Å². The number of rotatable bonds is 2. The highest BCUT2D eigenvalue weighted by Gasteiger charge is 2.21. The topological polar surface area (TPSA) is 64.9 Å². The van der Waals surface area contributed by atoms with E-state index >= 15 is 0 Å². The number of halogens is 1. The highest BCUT2D eigenvalue weighted by molar-refractivity contribution is 5.92. The minimum atomic E-state index is -0.578. The largest absolute Gasteiger partial charge is 0.323 e. The fourth-order valence-electron chi connectivity index (χ4n) is 2.00. The van der Waals surface area contributed by atoms with Gasteiger partial charge in [0.15, 0.2) is 0 Å². The molecule has 0 bridgehead atoms. The Hall–Kier alpha value is -1.93. The third-order valence-corrected chi connectivity index (χ3v) is 3.02. The Bertz CT molecular complexity index is 489. The maximum atomic E-state index is 13.6. The van der Waals surface area contributed by atoms with Crippen molar-refractivity contribution in [2.45, 2.75) is 12.8 Å². The Balaban J connectivity index is 2.04. The van der Waals surface area contributed by atoms with Crippen molar-refractivity contribution in [3.63, 3.8) is 0 Å². The van der Waals surface area contributed by atoms with Gasteiger partial charge in [0.2, 0.25) is 5.91 Å². The molecule has 0 aromatic heterocycles. The van der Waals surface area contributed by atoms with E-state index in [-0.39, 0.29) is 23.1 Å². The molecule has 18 heavy (non-hydrogen) atoms. The first-order valence-corrected chi connectivity index (χ1v) is 5.92. The molecule has 5 heteroatoms. The van der Waals surface area contributed by atoms with Crippen LogP contribution >= 0.6 is 0 Å². The normalized spacial score (nSPS) is 19.0. The molecule has 1 aliphatic rings. The molecule has 1 heterocycles. The molecule has 0 unspecified atom stereocenters. The smallest absolute Gasteiger partial charge is 0.228 e. The zero-order chi connectivity index (χ0) is 13.0. The molecule has 1 aliphatic heterocycles. The van der Waals surface area contributed by atoms with Crippen LogP contribution in [0, 0.1) is 23.1 Å². The van der Waals surface area contributed by atoms with Gasteiger partial charge in [0.25, 0.3) is 0 Å². The van der Waals surface area contributed by atoms with Crippen molar-refractivity contribution in [3.8, 4) is 6.07 Å². The summed E-state index contributed by atoms with van der Waals surface area (Å²) < 4.78 is 13.6. The van der Waals surface area contributed by atoms with Crippen molar-refractivity contribution < 1.29 is 9.18 Å². The zero-order valence-corrected chi connectivity index (χ0v) is 9.87. The van der Waals surface area contributed by atoms with E-state index in [1.165, 1.54) is 12.1 Å². The van der Waals surface area contributed by atoms with Gasteiger partial charge in [0, 0.05) is 6.54 Å². The van der Waals surface area contributed by atoms with Gasteiger partial charge in [-0.2, -0.15) is 5.26 Å². The molecule has 1 saturated heterocycles. The molecule has 2 rings (SSSR count). The maximum Gasteiger partial charge on any atom is 0.228 e. The molecule has 4 nitrogen and oxygen atoms in total. The van der Waals surface area contributed by atoms with E-state index in [0.29, 0.717) is 6.54 Å². The summed E-state index contributed by atoms with van der Waals surface area (Å²) in [6, 6.07) is 5.87. The van der Waals surface area contributed by atoms with E-state index in [4.69, 9.17) is 5.26 Å². The highest BCUT2D eigenvalue weighted by atomic mass is 19.1. The van der Waals surface area contributed by atoms with Crippen LogP contribution in [0.15, 0.2) is 18.2 Å². The lowest BCUT2D eigenvalue weighted by atomic mass is 9.99. The predicted octanol–water partition coefficient (Wildman–Crippen LogP) is 1.64. The van der Waals surface area contributed by atoms with Crippen molar-refractivity contribution in [1.29, 1.82) is 5.26 Å². The van der Waals surface area contributed by atoms with Crippen LogP contribution in [0.25, 0.3) is 0 Å². The minimum Gasteiger partial charge on any atom is -0.323 e.